The molecule has 1 aromatic heterocycles. The van der Waals surface area contributed by atoms with Gasteiger partial charge in [-0.2, -0.15) is 0 Å². The van der Waals surface area contributed by atoms with Gasteiger partial charge >= 0.3 is 0 Å². The molecule has 2 rings (SSSR count). The van der Waals surface area contributed by atoms with Crippen LogP contribution in [0.1, 0.15) is 25.7 Å². The predicted molar refractivity (Wildman–Crippen MR) is 61.1 cm³/mol. The van der Waals surface area contributed by atoms with Crippen LogP contribution in [0.5, 0.6) is 0 Å². The fourth-order valence-corrected chi connectivity index (χ4v) is 1.96. The van der Waals surface area contributed by atoms with E-state index in [0.29, 0.717) is 6.04 Å². The van der Waals surface area contributed by atoms with Crippen LogP contribution in [0.2, 0.25) is 0 Å². The van der Waals surface area contributed by atoms with Crippen LogP contribution >= 0.6 is 0 Å². The summed E-state index contributed by atoms with van der Waals surface area (Å²) in [6.07, 6.45) is 8.39. The number of hydrogen-bond donors (Lipinski definition) is 1. The molecule has 16 heavy (non-hydrogen) atoms. The minimum atomic E-state index is 0.570. The zero-order valence-electron chi connectivity index (χ0n) is 9.64. The molecule has 5 heteroatoms. The minimum Gasteiger partial charge on any atom is -0.380 e. The van der Waals surface area contributed by atoms with Gasteiger partial charge in [0.05, 0.1) is 12.8 Å². The van der Waals surface area contributed by atoms with Gasteiger partial charge in [0.15, 0.2) is 0 Å². The summed E-state index contributed by atoms with van der Waals surface area (Å²) >= 11 is 0. The highest BCUT2D eigenvalue weighted by Crippen LogP contribution is 2.05. The highest BCUT2D eigenvalue weighted by Gasteiger charge is 2.11. The summed E-state index contributed by atoms with van der Waals surface area (Å²) in [6, 6.07) is 0.570. The summed E-state index contributed by atoms with van der Waals surface area (Å²) in [5.41, 5.74) is 0. The highest BCUT2D eigenvalue weighted by molar-refractivity contribution is 4.69. The van der Waals surface area contributed by atoms with E-state index in [9.17, 15) is 0 Å². The second-order valence-electron chi connectivity index (χ2n) is 4.24. The van der Waals surface area contributed by atoms with Gasteiger partial charge in [-0.3, -0.25) is 4.68 Å². The number of rotatable bonds is 6. The van der Waals surface area contributed by atoms with Gasteiger partial charge in [-0.05, 0) is 32.2 Å². The van der Waals surface area contributed by atoms with Crippen LogP contribution in [-0.4, -0.2) is 40.8 Å². The number of hydrogen-bond acceptors (Lipinski definition) is 4. The summed E-state index contributed by atoms with van der Waals surface area (Å²) < 4.78 is 7.29. The SMILES string of the molecule is c1cn(CCCCNC2CCCOC2)nn1. The number of nitrogens with one attached hydrogen (secondary N) is 1. The fraction of sp³-hybridized carbons (Fsp3) is 0.818. The first-order valence-electron chi connectivity index (χ1n) is 6.10. The van der Waals surface area contributed by atoms with Gasteiger partial charge in [0, 0.05) is 25.4 Å². The zero-order chi connectivity index (χ0) is 11.1. The molecule has 1 unspecified atom stereocenters. The average molecular weight is 224 g/mol. The molecule has 0 aromatic carbocycles. The molecule has 1 fully saturated rings. The number of nitrogens with zero attached hydrogens (tertiary/aromatic N) is 3. The van der Waals surface area contributed by atoms with Gasteiger partial charge in [0.1, 0.15) is 0 Å². The Balaban J connectivity index is 1.48. The number of ether oxygens (including phenoxy) is 1. The lowest BCUT2D eigenvalue weighted by Crippen LogP contribution is -2.37. The number of aryl methyl sites for hydroxylation is 1. The Bertz CT molecular complexity index is 270. The second kappa shape index (κ2) is 6.60. The maximum absolute atomic E-state index is 5.41. The Morgan fingerprint density at radius 1 is 1.44 bits per heavy atom. The van der Waals surface area contributed by atoms with Crippen molar-refractivity contribution in [1.29, 1.82) is 0 Å². The molecule has 1 atom stereocenters. The molecule has 2 heterocycles. The van der Waals surface area contributed by atoms with Crippen molar-refractivity contribution in [2.24, 2.45) is 0 Å². The van der Waals surface area contributed by atoms with Gasteiger partial charge in [0.2, 0.25) is 0 Å². The van der Waals surface area contributed by atoms with E-state index in [1.807, 2.05) is 10.9 Å². The third-order valence-electron chi connectivity index (χ3n) is 2.88. The van der Waals surface area contributed by atoms with Crippen molar-refractivity contribution in [2.45, 2.75) is 38.3 Å². The second-order valence-corrected chi connectivity index (χ2v) is 4.24. The first-order chi connectivity index (χ1) is 7.95. The summed E-state index contributed by atoms with van der Waals surface area (Å²) in [7, 11) is 0. The normalized spacial score (nSPS) is 21.1. The van der Waals surface area contributed by atoms with Crippen molar-refractivity contribution >= 4 is 0 Å². The molecule has 5 nitrogen and oxygen atoms in total. The van der Waals surface area contributed by atoms with Crippen LogP contribution in [-0.2, 0) is 11.3 Å². The maximum atomic E-state index is 5.41. The lowest BCUT2D eigenvalue weighted by Gasteiger charge is -2.23. The molecular weight excluding hydrogens is 204 g/mol. The van der Waals surface area contributed by atoms with E-state index in [-0.39, 0.29) is 0 Å². The highest BCUT2D eigenvalue weighted by atomic mass is 16.5. The van der Waals surface area contributed by atoms with E-state index in [1.54, 1.807) is 6.20 Å². The number of unbranched alkanes of at least 4 members (excludes halogenated alkanes) is 1. The lowest BCUT2D eigenvalue weighted by molar-refractivity contribution is 0.0704. The van der Waals surface area contributed by atoms with Crippen LogP contribution in [0, 0.1) is 0 Å². The molecule has 0 bridgehead atoms. The van der Waals surface area contributed by atoms with E-state index in [4.69, 9.17) is 4.74 Å². The summed E-state index contributed by atoms with van der Waals surface area (Å²) in [5.74, 6) is 0. The zero-order valence-corrected chi connectivity index (χ0v) is 9.64. The Labute approximate surface area is 96.2 Å². The first-order valence-corrected chi connectivity index (χ1v) is 6.10. The predicted octanol–water partition coefficient (Wildman–Crippen LogP) is 0.827. The third kappa shape index (κ3) is 3.90. The van der Waals surface area contributed by atoms with E-state index in [0.717, 1.165) is 32.7 Å². The van der Waals surface area contributed by atoms with Crippen LogP contribution in [0.4, 0.5) is 0 Å². The van der Waals surface area contributed by atoms with Crippen molar-refractivity contribution < 1.29 is 4.74 Å². The Morgan fingerprint density at radius 2 is 2.44 bits per heavy atom. The van der Waals surface area contributed by atoms with E-state index >= 15 is 0 Å². The molecular formula is C11H20N4O. The third-order valence-corrected chi connectivity index (χ3v) is 2.88. The fourth-order valence-electron chi connectivity index (χ4n) is 1.96. The molecule has 0 saturated carbocycles. The standard InChI is InChI=1S/C11H20N4O/c1(2-7-15-8-6-13-14-15)5-12-11-4-3-9-16-10-11/h6,8,11-12H,1-5,7,9-10H2. The largest absolute Gasteiger partial charge is 0.380 e. The summed E-state index contributed by atoms with van der Waals surface area (Å²) in [6.45, 7) is 3.85. The van der Waals surface area contributed by atoms with Gasteiger partial charge in [0.25, 0.3) is 0 Å². The molecule has 1 N–H and O–H groups in total. The monoisotopic (exact) mass is 224 g/mol. The molecule has 1 aliphatic rings. The summed E-state index contributed by atoms with van der Waals surface area (Å²) in [4.78, 5) is 0. The van der Waals surface area contributed by atoms with Gasteiger partial charge in [-0.1, -0.05) is 5.21 Å². The molecule has 0 radical (unpaired) electrons. The molecule has 1 saturated heterocycles. The summed E-state index contributed by atoms with van der Waals surface area (Å²) in [5, 5.41) is 11.2. The molecule has 0 amide bonds. The topological polar surface area (TPSA) is 52.0 Å². The number of aromatic nitrogens is 3. The molecule has 90 valence electrons. The van der Waals surface area contributed by atoms with E-state index in [1.165, 1.54) is 19.3 Å². The lowest BCUT2D eigenvalue weighted by atomic mass is 10.1. The Morgan fingerprint density at radius 3 is 3.19 bits per heavy atom. The van der Waals surface area contributed by atoms with E-state index < -0.39 is 0 Å². The van der Waals surface area contributed by atoms with Crippen molar-refractivity contribution in [1.82, 2.24) is 20.3 Å². The maximum Gasteiger partial charge on any atom is 0.0692 e. The smallest absolute Gasteiger partial charge is 0.0692 e. The Hall–Kier alpha value is -0.940. The van der Waals surface area contributed by atoms with Gasteiger partial charge in [-0.15, -0.1) is 5.10 Å². The molecule has 1 aliphatic heterocycles. The van der Waals surface area contributed by atoms with Crippen LogP contribution in [0.15, 0.2) is 12.4 Å². The first kappa shape index (κ1) is 11.5. The molecule has 1 aromatic rings. The van der Waals surface area contributed by atoms with Gasteiger partial charge < -0.3 is 10.1 Å². The van der Waals surface area contributed by atoms with Crippen LogP contribution < -0.4 is 5.32 Å². The van der Waals surface area contributed by atoms with Crippen molar-refractivity contribution in [3.8, 4) is 0 Å². The Kier molecular flexibility index (Phi) is 4.76. The molecule has 0 spiro atoms. The molecule has 0 aliphatic carbocycles. The minimum absolute atomic E-state index is 0.570. The van der Waals surface area contributed by atoms with Crippen molar-refractivity contribution in [3.05, 3.63) is 12.4 Å². The average Bonchev–Trinajstić information content (AvgIpc) is 2.83. The van der Waals surface area contributed by atoms with Crippen LogP contribution in [0.3, 0.4) is 0 Å². The van der Waals surface area contributed by atoms with Crippen molar-refractivity contribution in [3.63, 3.8) is 0 Å². The van der Waals surface area contributed by atoms with Crippen molar-refractivity contribution in [2.75, 3.05) is 19.8 Å². The quantitative estimate of drug-likeness (QED) is 0.727. The van der Waals surface area contributed by atoms with E-state index in [2.05, 4.69) is 15.6 Å². The van der Waals surface area contributed by atoms with Gasteiger partial charge in [-0.25, -0.2) is 0 Å². The van der Waals surface area contributed by atoms with Crippen LogP contribution in [0.25, 0.3) is 0 Å².